The average molecular weight is 397 g/mol. The van der Waals surface area contributed by atoms with Crippen LogP contribution >= 0.6 is 0 Å². The van der Waals surface area contributed by atoms with Crippen molar-refractivity contribution in [2.45, 2.75) is 11.8 Å². The van der Waals surface area contributed by atoms with Crippen LogP contribution in [0.15, 0.2) is 83.8 Å². The summed E-state index contributed by atoms with van der Waals surface area (Å²) in [5.74, 6) is -0.408. The van der Waals surface area contributed by atoms with Crippen molar-refractivity contribution in [1.82, 2.24) is 0 Å². The Hall–Kier alpha value is -3.32. The summed E-state index contributed by atoms with van der Waals surface area (Å²) < 4.78 is 41.3. The van der Waals surface area contributed by atoms with Gasteiger partial charge in [-0.3, -0.25) is 4.79 Å². The van der Waals surface area contributed by atoms with Crippen LogP contribution in [0, 0.1) is 5.82 Å². The first kappa shape index (κ1) is 19.4. The molecule has 0 aliphatic carbocycles. The van der Waals surface area contributed by atoms with Crippen LogP contribution in [0.1, 0.15) is 22.8 Å². The Morgan fingerprint density at radius 3 is 2.21 bits per heavy atom. The highest BCUT2D eigenvalue weighted by molar-refractivity contribution is 7.84. The largest absolute Gasteiger partial charge is 0.328 e. The lowest BCUT2D eigenvalue weighted by Crippen LogP contribution is -2.78. The van der Waals surface area contributed by atoms with E-state index in [1.165, 1.54) is 43.3 Å². The third-order valence-corrected chi connectivity index (χ3v) is 5.33. The van der Waals surface area contributed by atoms with E-state index in [2.05, 4.69) is 9.71 Å². The number of nitrogens with one attached hydrogen (secondary N) is 2. The molecular weight excluding hydrogens is 379 g/mol. The van der Waals surface area contributed by atoms with Crippen LogP contribution in [-0.4, -0.2) is 20.0 Å². The summed E-state index contributed by atoms with van der Waals surface area (Å²) in [6.07, 6.45) is 0. The third-order valence-electron chi connectivity index (χ3n) is 3.96. The molecule has 3 rings (SSSR count). The Labute approximate surface area is 162 Å². The van der Waals surface area contributed by atoms with Crippen LogP contribution in [0.25, 0.3) is 0 Å². The smallest absolute Gasteiger partial charge is 0.295 e. The summed E-state index contributed by atoms with van der Waals surface area (Å²) >= 11 is 0. The Kier molecular flexibility index (Phi) is 5.65. The second kappa shape index (κ2) is 8.14. The van der Waals surface area contributed by atoms with Crippen LogP contribution in [0.2, 0.25) is 0 Å². The number of carbonyl (C=O) groups excluding carboxylic acids is 1. The van der Waals surface area contributed by atoms with E-state index in [4.69, 9.17) is 0 Å². The number of hydrogen-bond donors (Lipinski definition) is 2. The van der Waals surface area contributed by atoms with Crippen molar-refractivity contribution in [2.24, 2.45) is 0 Å². The Morgan fingerprint density at radius 1 is 0.893 bits per heavy atom. The lowest BCUT2D eigenvalue weighted by molar-refractivity contribution is -0.266. The van der Waals surface area contributed by atoms with E-state index in [1.54, 1.807) is 42.5 Å². The van der Waals surface area contributed by atoms with Gasteiger partial charge in [-0.05, 0) is 55.5 Å². The van der Waals surface area contributed by atoms with Crippen LogP contribution in [-0.2, 0) is 10.0 Å². The van der Waals surface area contributed by atoms with Crippen LogP contribution in [0.4, 0.5) is 10.1 Å². The standard InChI is InChI=1S/C21H17FN2O3S/c1-15(25)17-6-5-7-19(14-17)23-21(16-10-12-18(22)13-11-16)24-28(26,27)20-8-3-2-4-9-20/h2-14H,1H3,(H,23,24)/p+1. The maximum absolute atomic E-state index is 13.3. The number of Topliss-reactive ketones (excluding diaryl/α,β-unsaturated/α-hetero) is 1. The van der Waals surface area contributed by atoms with Crippen molar-refractivity contribution in [1.29, 1.82) is 0 Å². The third kappa shape index (κ3) is 4.69. The average Bonchev–Trinajstić information content (AvgIpc) is 2.69. The molecule has 3 aromatic carbocycles. The summed E-state index contributed by atoms with van der Waals surface area (Å²) in [6.45, 7) is 1.45. The molecule has 0 unspecified atom stereocenters. The summed E-state index contributed by atoms with van der Waals surface area (Å²) in [5, 5.41) is 2.99. The minimum absolute atomic E-state index is 0.0916. The highest BCUT2D eigenvalue weighted by Crippen LogP contribution is 2.13. The van der Waals surface area contributed by atoms with Gasteiger partial charge in [-0.1, -0.05) is 30.3 Å². The van der Waals surface area contributed by atoms with Crippen molar-refractivity contribution in [2.75, 3.05) is 5.32 Å². The molecule has 0 aliphatic rings. The van der Waals surface area contributed by atoms with Crippen molar-refractivity contribution in [3.05, 3.63) is 95.8 Å². The van der Waals surface area contributed by atoms with Crippen molar-refractivity contribution < 1.29 is 22.0 Å². The second-order valence-electron chi connectivity index (χ2n) is 6.06. The zero-order valence-corrected chi connectivity index (χ0v) is 15.8. The second-order valence-corrected chi connectivity index (χ2v) is 7.74. The zero-order chi connectivity index (χ0) is 20.1. The van der Waals surface area contributed by atoms with E-state index < -0.39 is 15.8 Å². The molecule has 142 valence electrons. The van der Waals surface area contributed by atoms with E-state index in [-0.39, 0.29) is 16.5 Å². The molecule has 5 nitrogen and oxygen atoms in total. The normalized spacial score (nSPS) is 11.9. The number of carbonyl (C=O) groups is 1. The highest BCUT2D eigenvalue weighted by Gasteiger charge is 2.20. The molecule has 7 heteroatoms. The first-order chi connectivity index (χ1) is 13.3. The molecule has 0 saturated carbocycles. The molecule has 0 bridgehead atoms. The van der Waals surface area contributed by atoms with Gasteiger partial charge in [0, 0.05) is 5.56 Å². The van der Waals surface area contributed by atoms with Crippen LogP contribution < -0.4 is 9.71 Å². The van der Waals surface area contributed by atoms with Gasteiger partial charge in [0.25, 0.3) is 5.84 Å². The van der Waals surface area contributed by atoms with Gasteiger partial charge in [-0.25, -0.2) is 9.71 Å². The number of ketones is 1. The molecule has 0 aromatic heterocycles. The number of hydrogen-bond acceptors (Lipinski definition) is 3. The Morgan fingerprint density at radius 2 is 1.57 bits per heavy atom. The fraction of sp³-hybridized carbons (Fsp3) is 0.0476. The molecular formula is C21H18FN2O3S+. The fourth-order valence-corrected chi connectivity index (χ4v) is 3.60. The SMILES string of the molecule is CC(=O)c1cccc(NC(=[NH+]S(=O)(=O)c2ccccc2)c2ccc(F)cc2)c1. The molecule has 0 radical (unpaired) electrons. The first-order valence-electron chi connectivity index (χ1n) is 8.44. The zero-order valence-electron chi connectivity index (χ0n) is 15.0. The molecule has 0 saturated heterocycles. The number of halogens is 1. The first-order valence-corrected chi connectivity index (χ1v) is 9.92. The molecule has 0 atom stereocenters. The van der Waals surface area contributed by atoms with Gasteiger partial charge in [0.15, 0.2) is 5.78 Å². The minimum Gasteiger partial charge on any atom is -0.295 e. The number of sulfonamides is 1. The van der Waals surface area contributed by atoms with Crippen LogP contribution in [0.5, 0.6) is 0 Å². The molecule has 0 heterocycles. The Balaban J connectivity index is 2.07. The molecule has 0 spiro atoms. The quantitative estimate of drug-likeness (QED) is 0.394. The molecule has 0 fully saturated rings. The monoisotopic (exact) mass is 397 g/mol. The topological polar surface area (TPSA) is 77.2 Å². The minimum atomic E-state index is -3.87. The summed E-state index contributed by atoms with van der Waals surface area (Å²) in [5.41, 5.74) is 1.44. The van der Waals surface area contributed by atoms with Gasteiger partial charge in [-0.15, -0.1) is 0 Å². The number of benzene rings is 3. The van der Waals surface area contributed by atoms with Gasteiger partial charge >= 0.3 is 10.0 Å². The Bertz CT molecular complexity index is 1130. The lowest BCUT2D eigenvalue weighted by Gasteiger charge is -2.06. The van der Waals surface area contributed by atoms with E-state index in [9.17, 15) is 17.6 Å². The van der Waals surface area contributed by atoms with Gasteiger partial charge in [0.1, 0.15) is 16.4 Å². The van der Waals surface area contributed by atoms with Crippen molar-refractivity contribution >= 4 is 27.3 Å². The maximum atomic E-state index is 13.3. The van der Waals surface area contributed by atoms with Crippen molar-refractivity contribution in [3.63, 3.8) is 0 Å². The maximum Gasteiger partial charge on any atom is 0.328 e. The van der Waals surface area contributed by atoms with Gasteiger partial charge < -0.3 is 0 Å². The molecule has 0 aliphatic heterocycles. The lowest BCUT2D eigenvalue weighted by atomic mass is 10.1. The fourth-order valence-electron chi connectivity index (χ4n) is 2.53. The summed E-state index contributed by atoms with van der Waals surface area (Å²) in [6, 6.07) is 20.0. The highest BCUT2D eigenvalue weighted by atomic mass is 32.2. The number of rotatable bonds is 5. The number of anilines is 1. The summed E-state index contributed by atoms with van der Waals surface area (Å²) in [4.78, 5) is 11.7. The van der Waals surface area contributed by atoms with Gasteiger partial charge in [0.05, 0.1) is 5.56 Å². The van der Waals surface area contributed by atoms with Gasteiger partial charge in [-0.2, -0.15) is 12.8 Å². The number of amidine groups is 1. The van der Waals surface area contributed by atoms with Crippen LogP contribution in [0.3, 0.4) is 0 Å². The van der Waals surface area contributed by atoms with Crippen molar-refractivity contribution in [3.8, 4) is 0 Å². The molecule has 2 N–H and O–H groups in total. The predicted octanol–water partition coefficient (Wildman–Crippen LogP) is 2.36. The van der Waals surface area contributed by atoms with E-state index in [0.29, 0.717) is 16.8 Å². The van der Waals surface area contributed by atoms with E-state index >= 15 is 0 Å². The molecule has 3 aromatic rings. The molecule has 0 amide bonds. The predicted molar refractivity (Wildman–Crippen MR) is 105 cm³/mol. The molecule has 28 heavy (non-hydrogen) atoms. The van der Waals surface area contributed by atoms with E-state index in [1.807, 2.05) is 0 Å². The van der Waals surface area contributed by atoms with Gasteiger partial charge in [0.2, 0.25) is 0 Å². The van der Waals surface area contributed by atoms with E-state index in [0.717, 1.165) is 0 Å². The summed E-state index contributed by atoms with van der Waals surface area (Å²) in [7, 11) is -3.87.